The van der Waals surface area contributed by atoms with E-state index in [0.29, 0.717) is 0 Å². The highest BCUT2D eigenvalue weighted by Gasteiger charge is 2.16. The second kappa shape index (κ2) is 3.33. The van der Waals surface area contributed by atoms with Crippen LogP contribution in [0.1, 0.15) is 11.1 Å². The lowest BCUT2D eigenvalue weighted by molar-refractivity contribution is -0.385. The summed E-state index contributed by atoms with van der Waals surface area (Å²) >= 11 is 0. The number of benzene rings is 1. The van der Waals surface area contributed by atoms with Crippen LogP contribution in [0.25, 0.3) is 0 Å². The Labute approximate surface area is 73.6 Å². The van der Waals surface area contributed by atoms with E-state index < -0.39 is 4.92 Å². The molecule has 5 heteroatoms. The van der Waals surface area contributed by atoms with Crippen molar-refractivity contribution < 1.29 is 4.92 Å². The van der Waals surface area contributed by atoms with Crippen molar-refractivity contribution in [2.24, 2.45) is 0 Å². The van der Waals surface area contributed by atoms with Crippen molar-refractivity contribution in [2.75, 3.05) is 0 Å². The molecule has 0 aromatic heterocycles. The van der Waals surface area contributed by atoms with Gasteiger partial charge in [0, 0.05) is 12.1 Å². The summed E-state index contributed by atoms with van der Waals surface area (Å²) in [5.41, 5.74) is -0.704. The van der Waals surface area contributed by atoms with Crippen LogP contribution < -0.4 is 0 Å². The molecule has 5 nitrogen and oxygen atoms in total. The van der Waals surface area contributed by atoms with Crippen LogP contribution in [0, 0.1) is 38.8 Å². The Morgan fingerprint density at radius 3 is 2.62 bits per heavy atom. The minimum absolute atomic E-state index is 0.100. The maximum absolute atomic E-state index is 10.4. The lowest BCUT2D eigenvalue weighted by atomic mass is 10.1. The van der Waals surface area contributed by atoms with E-state index in [2.05, 4.69) is 6.07 Å². The van der Waals surface area contributed by atoms with Gasteiger partial charge in [0.25, 0.3) is 5.69 Å². The van der Waals surface area contributed by atoms with E-state index in [-0.39, 0.29) is 16.8 Å². The van der Waals surface area contributed by atoms with Crippen molar-refractivity contribution in [1.82, 2.24) is 0 Å². The highest BCUT2D eigenvalue weighted by atomic mass is 16.6. The summed E-state index contributed by atoms with van der Waals surface area (Å²) in [6, 6.07) is 8.09. The van der Waals surface area contributed by atoms with Crippen LogP contribution >= 0.6 is 0 Å². The number of hydrogen-bond acceptors (Lipinski definition) is 4. The summed E-state index contributed by atoms with van der Waals surface area (Å²) < 4.78 is 0. The maximum atomic E-state index is 10.4. The molecule has 0 saturated heterocycles. The third kappa shape index (κ3) is 1.44. The molecule has 0 fully saturated rings. The van der Waals surface area contributed by atoms with Crippen molar-refractivity contribution >= 4 is 5.69 Å². The Hall–Kier alpha value is -2.40. The fourth-order valence-electron chi connectivity index (χ4n) is 0.841. The van der Waals surface area contributed by atoms with E-state index in [1.54, 1.807) is 12.1 Å². The van der Waals surface area contributed by atoms with Gasteiger partial charge < -0.3 is 0 Å². The molecule has 0 N–H and O–H groups in total. The molecule has 1 radical (unpaired) electrons. The number of nitriles is 2. The van der Waals surface area contributed by atoms with Gasteiger partial charge in [0.2, 0.25) is 0 Å². The minimum Gasteiger partial charge on any atom is -0.258 e. The van der Waals surface area contributed by atoms with E-state index in [1.165, 1.54) is 6.07 Å². The molecule has 13 heavy (non-hydrogen) atoms. The van der Waals surface area contributed by atoms with Crippen LogP contribution in [-0.4, -0.2) is 4.92 Å². The fraction of sp³-hybridized carbons (Fsp3) is 0. The average molecular weight is 172 g/mol. The molecule has 1 aromatic rings. The lowest BCUT2D eigenvalue weighted by Gasteiger charge is -1.94. The first-order chi connectivity index (χ1) is 6.20. The van der Waals surface area contributed by atoms with E-state index in [1.807, 2.05) is 0 Å². The number of nitro benzene ring substituents is 1. The standard InChI is InChI=1S/C8H2N3O2/c9-4-6-2-1-3-8(11(12)13)7(6)5-10/h1,3H. The normalized spacial score (nSPS) is 8.46. The Morgan fingerprint density at radius 2 is 2.15 bits per heavy atom. The van der Waals surface area contributed by atoms with E-state index in [0.717, 1.165) is 6.07 Å². The van der Waals surface area contributed by atoms with Gasteiger partial charge in [-0.05, 0) is 6.07 Å². The average Bonchev–Trinajstić information content (AvgIpc) is 2.16. The molecular weight excluding hydrogens is 170 g/mol. The summed E-state index contributed by atoms with van der Waals surface area (Å²) in [5.74, 6) is 0. The van der Waals surface area contributed by atoms with Crippen LogP contribution in [-0.2, 0) is 0 Å². The van der Waals surface area contributed by atoms with Crippen LogP contribution in [0.5, 0.6) is 0 Å². The third-order valence-electron chi connectivity index (χ3n) is 1.40. The topological polar surface area (TPSA) is 90.7 Å². The van der Waals surface area contributed by atoms with Crippen LogP contribution in [0.3, 0.4) is 0 Å². The molecule has 0 unspecified atom stereocenters. The highest BCUT2D eigenvalue weighted by Crippen LogP contribution is 2.19. The zero-order chi connectivity index (χ0) is 9.84. The molecule has 0 aliphatic rings. The molecule has 0 atom stereocenters. The number of rotatable bonds is 1. The van der Waals surface area contributed by atoms with Gasteiger partial charge in [-0.15, -0.1) is 0 Å². The summed E-state index contributed by atoms with van der Waals surface area (Å²) in [6.07, 6.45) is 0. The lowest BCUT2D eigenvalue weighted by Crippen LogP contribution is -1.94. The Bertz CT molecular complexity index is 440. The van der Waals surface area contributed by atoms with Gasteiger partial charge in [-0.2, -0.15) is 10.5 Å². The molecular formula is C8H2N3O2. The first-order valence-electron chi connectivity index (χ1n) is 3.20. The summed E-state index contributed by atoms with van der Waals surface area (Å²) in [5, 5.41) is 27.4. The maximum Gasteiger partial charge on any atom is 0.288 e. The quantitative estimate of drug-likeness (QED) is 0.469. The van der Waals surface area contributed by atoms with Gasteiger partial charge in [-0.3, -0.25) is 10.1 Å². The van der Waals surface area contributed by atoms with Gasteiger partial charge in [-0.25, -0.2) is 0 Å². The molecule has 0 heterocycles. The number of nitro groups is 1. The molecule has 0 spiro atoms. The Balaban J connectivity index is 3.49. The van der Waals surface area contributed by atoms with Crippen molar-refractivity contribution in [1.29, 1.82) is 10.5 Å². The zero-order valence-electron chi connectivity index (χ0n) is 6.31. The molecule has 61 valence electrons. The summed E-state index contributed by atoms with van der Waals surface area (Å²) in [4.78, 5) is 9.68. The van der Waals surface area contributed by atoms with E-state index in [4.69, 9.17) is 10.5 Å². The van der Waals surface area contributed by atoms with E-state index in [9.17, 15) is 10.1 Å². The predicted molar refractivity (Wildman–Crippen MR) is 41.4 cm³/mol. The molecule has 1 rings (SSSR count). The highest BCUT2D eigenvalue weighted by molar-refractivity contribution is 5.56. The molecule has 0 aliphatic heterocycles. The van der Waals surface area contributed by atoms with Crippen LogP contribution in [0.15, 0.2) is 12.1 Å². The second-order valence-corrected chi connectivity index (χ2v) is 2.09. The smallest absolute Gasteiger partial charge is 0.258 e. The predicted octanol–water partition coefficient (Wildman–Crippen LogP) is 1.14. The van der Waals surface area contributed by atoms with Gasteiger partial charge in [0.05, 0.1) is 10.5 Å². The monoisotopic (exact) mass is 172 g/mol. The Morgan fingerprint density at radius 1 is 1.46 bits per heavy atom. The third-order valence-corrected chi connectivity index (χ3v) is 1.40. The molecule has 0 aliphatic carbocycles. The van der Waals surface area contributed by atoms with Gasteiger partial charge in [-0.1, -0.05) is 0 Å². The van der Waals surface area contributed by atoms with Crippen molar-refractivity contribution in [3.63, 3.8) is 0 Å². The van der Waals surface area contributed by atoms with Gasteiger partial charge in [0.15, 0.2) is 0 Å². The number of hydrogen-bond donors (Lipinski definition) is 0. The largest absolute Gasteiger partial charge is 0.288 e. The second-order valence-electron chi connectivity index (χ2n) is 2.09. The van der Waals surface area contributed by atoms with Crippen molar-refractivity contribution in [3.05, 3.63) is 39.4 Å². The minimum atomic E-state index is -0.701. The Kier molecular flexibility index (Phi) is 2.23. The van der Waals surface area contributed by atoms with Crippen molar-refractivity contribution in [3.8, 4) is 12.1 Å². The van der Waals surface area contributed by atoms with Gasteiger partial charge in [0.1, 0.15) is 17.7 Å². The SMILES string of the molecule is N#Cc1[c]ccc([N+](=O)[O-])c1C#N. The summed E-state index contributed by atoms with van der Waals surface area (Å²) in [7, 11) is 0. The molecule has 1 aromatic carbocycles. The van der Waals surface area contributed by atoms with Crippen LogP contribution in [0.4, 0.5) is 5.69 Å². The van der Waals surface area contributed by atoms with Gasteiger partial charge >= 0.3 is 0 Å². The van der Waals surface area contributed by atoms with Crippen LogP contribution in [0.2, 0.25) is 0 Å². The fourth-order valence-corrected chi connectivity index (χ4v) is 0.841. The molecule has 0 saturated carbocycles. The molecule has 0 bridgehead atoms. The zero-order valence-corrected chi connectivity index (χ0v) is 6.31. The van der Waals surface area contributed by atoms with Crippen molar-refractivity contribution in [2.45, 2.75) is 0 Å². The molecule has 0 amide bonds. The number of nitrogens with zero attached hydrogens (tertiary/aromatic N) is 3. The first-order valence-corrected chi connectivity index (χ1v) is 3.20. The van der Waals surface area contributed by atoms with E-state index >= 15 is 0 Å². The first kappa shape index (κ1) is 8.69. The summed E-state index contributed by atoms with van der Waals surface area (Å²) in [6.45, 7) is 0.